The number of aromatic carboxylic acids is 1. The molecule has 0 aliphatic carbocycles. The number of carbonyl (C=O) groups is 1. The third-order valence-corrected chi connectivity index (χ3v) is 3.55. The summed E-state index contributed by atoms with van der Waals surface area (Å²) in [5, 5.41) is 8.99. The average molecular weight is 331 g/mol. The van der Waals surface area contributed by atoms with Crippen LogP contribution >= 0.6 is 15.9 Å². The second kappa shape index (κ2) is 6.25. The molecule has 1 aliphatic rings. The molecule has 1 aliphatic heterocycles. The first kappa shape index (κ1) is 14.1. The predicted molar refractivity (Wildman–Crippen MR) is 72.1 cm³/mol. The Morgan fingerprint density at radius 3 is 2.95 bits per heavy atom. The number of ether oxygens (including phenoxy) is 3. The first-order valence-electron chi connectivity index (χ1n) is 5.93. The zero-order valence-corrected chi connectivity index (χ0v) is 12.1. The summed E-state index contributed by atoms with van der Waals surface area (Å²) in [5.74, 6) is 0.301. The van der Waals surface area contributed by atoms with E-state index < -0.39 is 5.97 Å². The van der Waals surface area contributed by atoms with E-state index >= 15 is 0 Å². The van der Waals surface area contributed by atoms with Gasteiger partial charge in [0.1, 0.15) is 0 Å². The van der Waals surface area contributed by atoms with Crippen molar-refractivity contribution in [2.75, 3.05) is 26.9 Å². The van der Waals surface area contributed by atoms with Gasteiger partial charge in [-0.25, -0.2) is 4.79 Å². The number of hydrogen-bond donors (Lipinski definition) is 1. The number of halogens is 1. The summed E-state index contributed by atoms with van der Waals surface area (Å²) in [6.45, 7) is 2.00. The molecule has 1 aromatic carbocycles. The van der Waals surface area contributed by atoms with Gasteiger partial charge in [-0.3, -0.25) is 0 Å². The number of hydrogen-bond acceptors (Lipinski definition) is 4. The molecule has 104 valence electrons. The van der Waals surface area contributed by atoms with Gasteiger partial charge in [0.25, 0.3) is 0 Å². The number of methoxy groups -OCH3 is 1. The van der Waals surface area contributed by atoms with Crippen LogP contribution in [-0.2, 0) is 4.74 Å². The number of rotatable bonds is 5. The largest absolute Gasteiger partial charge is 0.493 e. The zero-order chi connectivity index (χ0) is 13.8. The maximum absolute atomic E-state index is 11.0. The molecular weight excluding hydrogens is 316 g/mol. The van der Waals surface area contributed by atoms with Crippen LogP contribution in [0, 0.1) is 5.92 Å². The topological polar surface area (TPSA) is 65.0 Å². The lowest BCUT2D eigenvalue weighted by Crippen LogP contribution is -2.12. The van der Waals surface area contributed by atoms with E-state index in [0.29, 0.717) is 35.1 Å². The molecule has 0 spiro atoms. The fraction of sp³-hybridized carbons (Fsp3) is 0.462. The van der Waals surface area contributed by atoms with Crippen LogP contribution in [0.5, 0.6) is 11.5 Å². The second-order valence-corrected chi connectivity index (χ2v) is 5.19. The molecule has 6 heteroatoms. The summed E-state index contributed by atoms with van der Waals surface area (Å²) in [5.41, 5.74) is 0.153. The fourth-order valence-corrected chi connectivity index (χ4v) is 2.46. The summed E-state index contributed by atoms with van der Waals surface area (Å²) < 4.78 is 16.8. The van der Waals surface area contributed by atoms with Crippen LogP contribution in [0.15, 0.2) is 16.6 Å². The van der Waals surface area contributed by atoms with E-state index in [1.807, 2.05) is 0 Å². The third kappa shape index (κ3) is 3.39. The summed E-state index contributed by atoms with van der Waals surface area (Å²) >= 11 is 3.32. The highest BCUT2D eigenvalue weighted by Crippen LogP contribution is 2.37. The molecule has 5 nitrogen and oxygen atoms in total. The molecule has 1 unspecified atom stereocenters. The average Bonchev–Trinajstić information content (AvgIpc) is 2.89. The van der Waals surface area contributed by atoms with Gasteiger partial charge in [-0.1, -0.05) is 0 Å². The van der Waals surface area contributed by atoms with Crippen molar-refractivity contribution in [1.29, 1.82) is 0 Å². The molecule has 1 fully saturated rings. The standard InChI is InChI=1S/C13H15BrO5/c1-17-11-5-9(13(15)16)4-10(14)12(11)19-7-8-2-3-18-6-8/h4-5,8H,2-3,6-7H2,1H3,(H,15,16). The molecule has 0 aromatic heterocycles. The quantitative estimate of drug-likeness (QED) is 0.898. The zero-order valence-electron chi connectivity index (χ0n) is 10.5. The molecule has 1 N–H and O–H groups in total. The van der Waals surface area contributed by atoms with Gasteiger partial charge in [0.05, 0.1) is 30.4 Å². The van der Waals surface area contributed by atoms with Gasteiger partial charge >= 0.3 is 5.97 Å². The Kier molecular flexibility index (Phi) is 4.66. The Morgan fingerprint density at radius 2 is 2.37 bits per heavy atom. The van der Waals surface area contributed by atoms with Crippen LogP contribution in [0.25, 0.3) is 0 Å². The summed E-state index contributed by atoms with van der Waals surface area (Å²) in [7, 11) is 1.49. The summed E-state index contributed by atoms with van der Waals surface area (Å²) in [6.07, 6.45) is 0.979. The molecule has 1 atom stereocenters. The molecule has 19 heavy (non-hydrogen) atoms. The van der Waals surface area contributed by atoms with Gasteiger partial charge < -0.3 is 19.3 Å². The van der Waals surface area contributed by atoms with Crippen molar-refractivity contribution in [3.8, 4) is 11.5 Å². The minimum atomic E-state index is -1.00. The predicted octanol–water partition coefficient (Wildman–Crippen LogP) is 2.57. The van der Waals surface area contributed by atoms with E-state index in [2.05, 4.69) is 15.9 Å². The third-order valence-electron chi connectivity index (χ3n) is 2.96. The van der Waals surface area contributed by atoms with Crippen LogP contribution in [0.4, 0.5) is 0 Å². The molecule has 0 bridgehead atoms. The van der Waals surface area contributed by atoms with E-state index in [9.17, 15) is 4.79 Å². The van der Waals surface area contributed by atoms with E-state index in [-0.39, 0.29) is 5.56 Å². The van der Waals surface area contributed by atoms with E-state index in [0.717, 1.165) is 13.0 Å². The maximum Gasteiger partial charge on any atom is 0.335 e. The second-order valence-electron chi connectivity index (χ2n) is 4.34. The Bertz CT molecular complexity index is 468. The highest BCUT2D eigenvalue weighted by Gasteiger charge is 2.19. The molecule has 1 aromatic rings. The van der Waals surface area contributed by atoms with Gasteiger partial charge in [0.2, 0.25) is 0 Å². The molecule has 1 heterocycles. The van der Waals surface area contributed by atoms with Gasteiger partial charge in [-0.05, 0) is 34.5 Å². The van der Waals surface area contributed by atoms with Gasteiger partial charge in [-0.15, -0.1) is 0 Å². The van der Waals surface area contributed by atoms with Gasteiger partial charge in [0, 0.05) is 12.5 Å². The van der Waals surface area contributed by atoms with Gasteiger partial charge in [-0.2, -0.15) is 0 Å². The van der Waals surface area contributed by atoms with Crippen molar-refractivity contribution < 1.29 is 24.1 Å². The summed E-state index contributed by atoms with van der Waals surface area (Å²) in [6, 6.07) is 2.96. The lowest BCUT2D eigenvalue weighted by molar-refractivity contribution is 0.0696. The first-order valence-corrected chi connectivity index (χ1v) is 6.72. The van der Waals surface area contributed by atoms with Crippen molar-refractivity contribution in [2.24, 2.45) is 5.92 Å². The highest BCUT2D eigenvalue weighted by molar-refractivity contribution is 9.10. The minimum Gasteiger partial charge on any atom is -0.493 e. The molecule has 0 saturated carbocycles. The van der Waals surface area contributed by atoms with Crippen LogP contribution in [0.3, 0.4) is 0 Å². The first-order chi connectivity index (χ1) is 9.11. The number of carboxylic acids is 1. The SMILES string of the molecule is COc1cc(C(=O)O)cc(Br)c1OCC1CCOC1. The molecular formula is C13H15BrO5. The maximum atomic E-state index is 11.0. The normalized spacial score (nSPS) is 18.3. The van der Waals surface area contributed by atoms with Crippen LogP contribution in [0.2, 0.25) is 0 Å². The minimum absolute atomic E-state index is 0.153. The fourth-order valence-electron chi connectivity index (χ4n) is 1.90. The van der Waals surface area contributed by atoms with Crippen LogP contribution in [0.1, 0.15) is 16.8 Å². The smallest absolute Gasteiger partial charge is 0.335 e. The Balaban J connectivity index is 2.16. The Morgan fingerprint density at radius 1 is 1.58 bits per heavy atom. The van der Waals surface area contributed by atoms with Crippen molar-refractivity contribution >= 4 is 21.9 Å². The van der Waals surface area contributed by atoms with Crippen molar-refractivity contribution in [3.63, 3.8) is 0 Å². The molecule has 2 rings (SSSR count). The lowest BCUT2D eigenvalue weighted by atomic mass is 10.1. The van der Waals surface area contributed by atoms with Crippen molar-refractivity contribution in [2.45, 2.75) is 6.42 Å². The van der Waals surface area contributed by atoms with E-state index in [1.165, 1.54) is 19.2 Å². The Labute approximate surface area is 119 Å². The molecule has 0 amide bonds. The number of carboxylic acid groups (broad SMARTS) is 1. The monoisotopic (exact) mass is 330 g/mol. The van der Waals surface area contributed by atoms with Gasteiger partial charge in [0.15, 0.2) is 11.5 Å². The van der Waals surface area contributed by atoms with Crippen molar-refractivity contribution in [1.82, 2.24) is 0 Å². The lowest BCUT2D eigenvalue weighted by Gasteiger charge is -2.15. The Hall–Kier alpha value is -1.27. The molecule has 0 radical (unpaired) electrons. The van der Waals surface area contributed by atoms with E-state index in [4.69, 9.17) is 19.3 Å². The van der Waals surface area contributed by atoms with E-state index in [1.54, 1.807) is 0 Å². The molecule has 1 saturated heterocycles. The van der Waals surface area contributed by atoms with Crippen molar-refractivity contribution in [3.05, 3.63) is 22.2 Å². The highest BCUT2D eigenvalue weighted by atomic mass is 79.9. The summed E-state index contributed by atoms with van der Waals surface area (Å²) in [4.78, 5) is 11.0. The van der Waals surface area contributed by atoms with Crippen LogP contribution in [-0.4, -0.2) is 38.0 Å². The number of benzene rings is 1. The van der Waals surface area contributed by atoms with Crippen LogP contribution < -0.4 is 9.47 Å².